The zero-order valence-electron chi connectivity index (χ0n) is 23.7. The van der Waals surface area contributed by atoms with Crippen LogP contribution in [0.2, 0.25) is 0 Å². The van der Waals surface area contributed by atoms with Crippen molar-refractivity contribution in [1.82, 2.24) is 19.8 Å². The fourth-order valence-electron chi connectivity index (χ4n) is 3.52. The predicted octanol–water partition coefficient (Wildman–Crippen LogP) is 1.89. The van der Waals surface area contributed by atoms with Gasteiger partial charge in [0.05, 0.1) is 18.8 Å². The van der Waals surface area contributed by atoms with Gasteiger partial charge in [0.2, 0.25) is 5.95 Å². The summed E-state index contributed by atoms with van der Waals surface area (Å²) < 4.78 is 4.73. The highest BCUT2D eigenvalue weighted by atomic mass is 35.5. The first-order valence-corrected chi connectivity index (χ1v) is 12.6. The molecule has 0 aliphatic carbocycles. The molecule has 12 nitrogen and oxygen atoms in total. The Morgan fingerprint density at radius 3 is 1.88 bits per heavy atom. The van der Waals surface area contributed by atoms with Crippen LogP contribution in [0.1, 0.15) is 30.2 Å². The quantitative estimate of drug-likeness (QED) is 0.0953. The smallest absolute Gasteiger partial charge is 0.313 e. The molecule has 0 aliphatic rings. The average Bonchev–Trinajstić information content (AvgIpc) is 2.84. The van der Waals surface area contributed by atoms with E-state index >= 15 is 0 Å². The molecular weight excluding hydrogens is 548 g/mol. The van der Waals surface area contributed by atoms with Crippen LogP contribution in [0.4, 0.5) is 5.95 Å². The zero-order valence-corrected chi connectivity index (χ0v) is 24.5. The van der Waals surface area contributed by atoms with E-state index in [0.29, 0.717) is 25.4 Å². The molecule has 13 heteroatoms. The summed E-state index contributed by atoms with van der Waals surface area (Å²) in [7, 11) is 3.84. The average molecular weight is 589 g/mol. The summed E-state index contributed by atoms with van der Waals surface area (Å²) in [6, 6.07) is 21.5. The Bertz CT molecular complexity index is 1240. The molecule has 0 bridgehead atoms. The first-order chi connectivity index (χ1) is 19.0. The van der Waals surface area contributed by atoms with Crippen molar-refractivity contribution in [3.8, 4) is 0 Å². The second-order valence-electron chi connectivity index (χ2n) is 8.91. The first kappa shape index (κ1) is 36.7. The highest BCUT2D eigenvalue weighted by Gasteiger charge is 2.12. The number of ketones is 1. The van der Waals surface area contributed by atoms with E-state index in [1.807, 2.05) is 67.5 Å². The molecule has 0 atom stereocenters. The zero-order chi connectivity index (χ0) is 29.9. The molecule has 0 spiro atoms. The molecule has 0 unspecified atom stereocenters. The summed E-state index contributed by atoms with van der Waals surface area (Å²) >= 11 is 0. The number of esters is 1. The number of aromatic amines is 1. The lowest BCUT2D eigenvalue weighted by Crippen LogP contribution is -2.27. The van der Waals surface area contributed by atoms with Gasteiger partial charge in [-0.25, -0.2) is 4.98 Å². The van der Waals surface area contributed by atoms with E-state index in [4.69, 9.17) is 15.9 Å². The number of carbonyl (C=O) groups is 2. The maximum atomic E-state index is 11.6. The maximum absolute atomic E-state index is 11.6. The molecule has 41 heavy (non-hydrogen) atoms. The molecular formula is C28H41ClN8O4. The third kappa shape index (κ3) is 18.6. The largest absolute Gasteiger partial charge is 0.466 e. The lowest BCUT2D eigenvalue weighted by atomic mass is 10.2. The topological polar surface area (TPSA) is 198 Å². The van der Waals surface area contributed by atoms with Gasteiger partial charge in [-0.3, -0.25) is 34.6 Å². The number of carbonyl (C=O) groups excluding carboxylic acids is 2. The highest BCUT2D eigenvalue weighted by Crippen LogP contribution is 2.06. The molecule has 0 aliphatic heterocycles. The molecule has 0 amide bonds. The molecule has 8 N–H and O–H groups in total. The summed E-state index contributed by atoms with van der Waals surface area (Å²) in [6.45, 7) is 4.37. The SMILES string of the molecule is CCOC(=O)CC(=O)CN(C)Cc1ccccc1.CN(Cc1ccccc1)Cc1cc(=O)[nH]c(N)n1.Cl.N=C(N)N. The number of nitrogen functional groups attached to an aromatic ring is 1. The van der Waals surface area contributed by atoms with Crippen LogP contribution in [-0.4, -0.2) is 64.7 Å². The van der Waals surface area contributed by atoms with Crippen molar-refractivity contribution in [3.05, 3.63) is 93.9 Å². The number of rotatable bonds is 11. The molecule has 224 valence electrons. The number of nitrogens with two attached hydrogens (primary N) is 3. The Hall–Kier alpha value is -4.26. The normalized spacial score (nSPS) is 9.88. The number of guanidine groups is 1. The Kier molecular flexibility index (Phi) is 18.5. The van der Waals surface area contributed by atoms with Crippen molar-refractivity contribution in [2.45, 2.75) is 33.0 Å². The van der Waals surface area contributed by atoms with Gasteiger partial charge in [0, 0.05) is 25.7 Å². The van der Waals surface area contributed by atoms with Crippen LogP contribution in [0.5, 0.6) is 0 Å². The second-order valence-corrected chi connectivity index (χ2v) is 8.91. The minimum Gasteiger partial charge on any atom is -0.466 e. The maximum Gasteiger partial charge on any atom is 0.313 e. The van der Waals surface area contributed by atoms with Gasteiger partial charge >= 0.3 is 5.97 Å². The Morgan fingerprint density at radius 2 is 1.41 bits per heavy atom. The number of halogens is 1. The highest BCUT2D eigenvalue weighted by molar-refractivity contribution is 5.96. The standard InChI is InChI=1S/C14H19NO3.C13H16N4O.CH5N3.ClH/c1-3-18-14(17)9-13(16)11-15(2)10-12-7-5-4-6-8-12;1-17(8-10-5-3-2-4-6-10)9-11-7-12(18)16-13(14)15-11;2-1(3)4;/h4-8H,3,9-11H2,1-2H3;2-7H,8-9H2,1H3,(H3,14,15,16,18);(H5,2,3,4);1H. The van der Waals surface area contributed by atoms with Gasteiger partial charge < -0.3 is 21.9 Å². The van der Waals surface area contributed by atoms with Crippen LogP contribution in [0.3, 0.4) is 0 Å². The number of hydrogen-bond donors (Lipinski definition) is 5. The molecule has 1 heterocycles. The van der Waals surface area contributed by atoms with E-state index in [-0.39, 0.29) is 48.6 Å². The fraction of sp³-hybridized carbons (Fsp3) is 0.321. The minimum absolute atomic E-state index is 0. The molecule has 0 fully saturated rings. The van der Waals surface area contributed by atoms with Gasteiger partial charge in [-0.2, -0.15) is 0 Å². The van der Waals surface area contributed by atoms with Crippen molar-refractivity contribution in [1.29, 1.82) is 5.41 Å². The van der Waals surface area contributed by atoms with E-state index in [1.54, 1.807) is 6.92 Å². The van der Waals surface area contributed by atoms with Crippen LogP contribution in [0.25, 0.3) is 0 Å². The summed E-state index contributed by atoms with van der Waals surface area (Å²) in [5, 5.41) is 6.06. The molecule has 3 rings (SSSR count). The van der Waals surface area contributed by atoms with Gasteiger partial charge in [-0.15, -0.1) is 12.4 Å². The van der Waals surface area contributed by atoms with Crippen LogP contribution < -0.4 is 22.8 Å². The summed E-state index contributed by atoms with van der Waals surface area (Å²) in [6.07, 6.45) is -0.146. The van der Waals surface area contributed by atoms with Crippen molar-refractivity contribution >= 4 is 36.1 Å². The van der Waals surface area contributed by atoms with Crippen LogP contribution >= 0.6 is 12.4 Å². The Labute approximate surface area is 246 Å². The first-order valence-electron chi connectivity index (χ1n) is 12.6. The van der Waals surface area contributed by atoms with Gasteiger partial charge in [0.1, 0.15) is 6.42 Å². The number of benzene rings is 2. The molecule has 0 radical (unpaired) electrons. The number of ether oxygens (including phenoxy) is 1. The lowest BCUT2D eigenvalue weighted by Gasteiger charge is -2.16. The summed E-state index contributed by atoms with van der Waals surface area (Å²) in [4.78, 5) is 44.5. The van der Waals surface area contributed by atoms with Crippen molar-refractivity contribution in [2.24, 2.45) is 11.5 Å². The number of Topliss-reactive ketones (excluding diaryl/α,β-unsaturated/α-hetero) is 1. The molecule has 0 saturated carbocycles. The van der Waals surface area contributed by atoms with Gasteiger partial charge in [-0.1, -0.05) is 60.7 Å². The van der Waals surface area contributed by atoms with Crippen LogP contribution in [0.15, 0.2) is 71.5 Å². The van der Waals surface area contributed by atoms with Gasteiger partial charge in [0.25, 0.3) is 5.56 Å². The lowest BCUT2D eigenvalue weighted by molar-refractivity contribution is -0.145. The van der Waals surface area contributed by atoms with Gasteiger partial charge in [-0.05, 0) is 32.1 Å². The Morgan fingerprint density at radius 1 is 0.927 bits per heavy atom. The molecule has 0 saturated heterocycles. The van der Waals surface area contributed by atoms with E-state index in [1.165, 1.54) is 11.6 Å². The minimum atomic E-state index is -0.449. The molecule has 2 aromatic carbocycles. The third-order valence-corrected chi connectivity index (χ3v) is 4.93. The monoisotopic (exact) mass is 588 g/mol. The third-order valence-electron chi connectivity index (χ3n) is 4.93. The van der Waals surface area contributed by atoms with E-state index in [9.17, 15) is 14.4 Å². The molecule has 3 aromatic rings. The number of nitrogens with zero attached hydrogens (tertiary/aromatic N) is 3. The molecule has 1 aromatic heterocycles. The van der Waals surface area contributed by atoms with E-state index in [2.05, 4.69) is 38.5 Å². The second kappa shape index (κ2) is 20.6. The number of nitrogens with one attached hydrogen (secondary N) is 2. The number of likely N-dealkylation sites (N-methyl/N-ethyl adjacent to an activating group) is 1. The van der Waals surface area contributed by atoms with Crippen LogP contribution in [0, 0.1) is 5.41 Å². The van der Waals surface area contributed by atoms with Gasteiger partial charge in [0.15, 0.2) is 11.7 Å². The van der Waals surface area contributed by atoms with E-state index < -0.39 is 5.97 Å². The number of hydrogen-bond acceptors (Lipinski definition) is 9. The Balaban J connectivity index is 0.000000676. The number of H-pyrrole nitrogens is 1. The van der Waals surface area contributed by atoms with Crippen molar-refractivity contribution < 1.29 is 14.3 Å². The summed E-state index contributed by atoms with van der Waals surface area (Å²) in [5.74, 6) is -0.742. The van der Waals surface area contributed by atoms with Crippen molar-refractivity contribution in [3.63, 3.8) is 0 Å². The van der Waals surface area contributed by atoms with Crippen LogP contribution in [-0.2, 0) is 34.0 Å². The number of anilines is 1. The predicted molar refractivity (Wildman–Crippen MR) is 163 cm³/mol. The van der Waals surface area contributed by atoms with E-state index in [0.717, 1.165) is 12.1 Å². The summed E-state index contributed by atoms with van der Waals surface area (Å²) in [5.41, 5.74) is 17.3. The van der Waals surface area contributed by atoms with Crippen molar-refractivity contribution in [2.75, 3.05) is 33.0 Å². The number of aromatic nitrogens is 2. The fourth-order valence-corrected chi connectivity index (χ4v) is 3.52.